The number of carboxylic acid groups (broad SMARTS) is 2. The van der Waals surface area contributed by atoms with Crippen molar-refractivity contribution in [2.24, 2.45) is 0 Å². The average Bonchev–Trinajstić information content (AvgIpc) is 2.19. The molecule has 0 bridgehead atoms. The van der Waals surface area contributed by atoms with Gasteiger partial charge < -0.3 is 18.6 Å². The van der Waals surface area contributed by atoms with Crippen LogP contribution in [-0.2, 0) is 20.0 Å². The number of thiol groups is 1. The summed E-state index contributed by atoms with van der Waals surface area (Å²) in [5.41, 5.74) is -0.0372. The van der Waals surface area contributed by atoms with Crippen molar-refractivity contribution in [1.82, 2.24) is 0 Å². The lowest BCUT2D eigenvalue weighted by molar-refractivity contribution is 0.0696. The van der Waals surface area contributed by atoms with E-state index >= 15 is 0 Å². The fraction of sp³-hybridized carbons (Fsp3) is 0. The molecular weight excluding hydrogens is 224 g/mol. The molecule has 0 aliphatic heterocycles. The Morgan fingerprint density at radius 2 is 1.33 bits per heavy atom. The summed E-state index contributed by atoms with van der Waals surface area (Å²) in [6, 6.07) is 5.20. The van der Waals surface area contributed by atoms with E-state index in [0.717, 1.165) is 6.07 Å². The zero-order chi connectivity index (χ0) is 11.8. The van der Waals surface area contributed by atoms with Crippen molar-refractivity contribution in [3.63, 3.8) is 0 Å². The molecule has 15 heavy (non-hydrogen) atoms. The SMILES string of the molecule is O=C(O)c1cccc(C(=O)O)c1.O=[SH-]=O. The molecule has 0 radical (unpaired) electrons. The van der Waals surface area contributed by atoms with Gasteiger partial charge in [0.1, 0.15) is 0 Å². The molecule has 0 aliphatic carbocycles. The summed E-state index contributed by atoms with van der Waals surface area (Å²) < 4.78 is 16.7. The van der Waals surface area contributed by atoms with Gasteiger partial charge in [-0.25, -0.2) is 9.59 Å². The van der Waals surface area contributed by atoms with E-state index in [1.165, 1.54) is 18.2 Å². The number of carbonyl (C=O) groups is 2. The summed E-state index contributed by atoms with van der Waals surface area (Å²) in [7, 11) is 0. The molecule has 1 aromatic rings. The van der Waals surface area contributed by atoms with Gasteiger partial charge in [-0.3, -0.25) is 0 Å². The van der Waals surface area contributed by atoms with Gasteiger partial charge in [0.2, 0.25) is 0 Å². The minimum Gasteiger partial charge on any atom is -0.478 e. The lowest BCUT2D eigenvalue weighted by atomic mass is 10.1. The van der Waals surface area contributed by atoms with Gasteiger partial charge in [0, 0.05) is 0 Å². The molecule has 0 aromatic heterocycles. The standard InChI is InChI=1S/C8H6O4.HO2S/c9-7(10)5-2-1-3-6(4-5)8(11)12;1-3-2/h1-4H,(H,9,10)(H,11,12);3H/q;-1. The van der Waals surface area contributed by atoms with Crippen molar-refractivity contribution < 1.29 is 28.2 Å². The van der Waals surface area contributed by atoms with Crippen LogP contribution in [0.2, 0.25) is 0 Å². The molecule has 82 valence electrons. The van der Waals surface area contributed by atoms with Gasteiger partial charge in [-0.05, 0) is 18.2 Å². The summed E-state index contributed by atoms with van der Waals surface area (Å²) in [5.74, 6) is -2.25. The highest BCUT2D eigenvalue weighted by atomic mass is 32.1. The number of aromatic carboxylic acids is 2. The van der Waals surface area contributed by atoms with E-state index in [1.54, 1.807) is 0 Å². The third kappa shape index (κ3) is 4.77. The third-order valence-corrected chi connectivity index (χ3v) is 1.36. The molecule has 1 rings (SSSR count). The summed E-state index contributed by atoms with van der Waals surface area (Å²) in [5, 5.41) is 17.0. The molecule has 0 fully saturated rings. The van der Waals surface area contributed by atoms with Crippen molar-refractivity contribution in [2.45, 2.75) is 0 Å². The molecule has 7 heteroatoms. The normalized spacial score (nSPS) is 8.53. The highest BCUT2D eigenvalue weighted by molar-refractivity contribution is 7.51. The average molecular weight is 231 g/mol. The van der Waals surface area contributed by atoms with E-state index in [1.807, 2.05) is 0 Å². The molecule has 1 aromatic carbocycles. The molecule has 0 spiro atoms. The van der Waals surface area contributed by atoms with Gasteiger partial charge in [-0.1, -0.05) is 17.6 Å². The molecule has 2 N–H and O–H groups in total. The van der Waals surface area contributed by atoms with Crippen molar-refractivity contribution in [1.29, 1.82) is 0 Å². The zero-order valence-electron chi connectivity index (χ0n) is 7.28. The number of carboxylic acids is 2. The first-order chi connectivity index (χ1) is 7.02. The fourth-order valence-electron chi connectivity index (χ4n) is 0.785. The van der Waals surface area contributed by atoms with E-state index in [0.29, 0.717) is 0 Å². The highest BCUT2D eigenvalue weighted by Gasteiger charge is 2.06. The Hall–Kier alpha value is -1.89. The maximum Gasteiger partial charge on any atom is 0.335 e. The second kappa shape index (κ2) is 6.55. The van der Waals surface area contributed by atoms with E-state index in [4.69, 9.17) is 18.6 Å². The van der Waals surface area contributed by atoms with Crippen LogP contribution >= 0.6 is 0 Å². The van der Waals surface area contributed by atoms with Crippen molar-refractivity contribution in [2.75, 3.05) is 0 Å². The van der Waals surface area contributed by atoms with Gasteiger partial charge >= 0.3 is 11.9 Å². The number of rotatable bonds is 2. The smallest absolute Gasteiger partial charge is 0.335 e. The van der Waals surface area contributed by atoms with Gasteiger partial charge in [0.25, 0.3) is 0 Å². The first-order valence-corrected chi connectivity index (χ1v) is 4.27. The van der Waals surface area contributed by atoms with Crippen LogP contribution in [0.3, 0.4) is 0 Å². The number of benzene rings is 1. The summed E-state index contributed by atoms with van der Waals surface area (Å²) in [6.07, 6.45) is 0. The predicted octanol–water partition coefficient (Wildman–Crippen LogP) is 0.575. The van der Waals surface area contributed by atoms with Crippen LogP contribution in [0.5, 0.6) is 0 Å². The Balaban J connectivity index is 0.000000583. The van der Waals surface area contributed by atoms with Crippen molar-refractivity contribution in [3.8, 4) is 0 Å². The number of hydrogen-bond donors (Lipinski definition) is 2. The van der Waals surface area contributed by atoms with E-state index in [2.05, 4.69) is 0 Å². The first kappa shape index (κ1) is 13.1. The van der Waals surface area contributed by atoms with Gasteiger partial charge in [0.15, 0.2) is 0 Å². The maximum absolute atomic E-state index is 10.4. The summed E-state index contributed by atoms with van der Waals surface area (Å²) in [6.45, 7) is 0. The second-order valence-corrected chi connectivity index (χ2v) is 2.41. The predicted molar refractivity (Wildman–Crippen MR) is 50.5 cm³/mol. The summed E-state index contributed by atoms with van der Waals surface area (Å²) in [4.78, 5) is 20.8. The highest BCUT2D eigenvalue weighted by Crippen LogP contribution is 2.04. The maximum atomic E-state index is 10.4. The van der Waals surface area contributed by atoms with Gasteiger partial charge in [0.05, 0.1) is 11.1 Å². The fourth-order valence-corrected chi connectivity index (χ4v) is 0.785. The lowest BCUT2D eigenvalue weighted by Crippen LogP contribution is -2.01. The lowest BCUT2D eigenvalue weighted by Gasteiger charge is -1.95. The van der Waals surface area contributed by atoms with Crippen LogP contribution in [-0.4, -0.2) is 22.2 Å². The molecule has 0 aliphatic rings. The Bertz CT molecular complexity index is 378. The van der Waals surface area contributed by atoms with Crippen LogP contribution in [0.4, 0.5) is 0 Å². The Labute approximate surface area is 87.8 Å². The van der Waals surface area contributed by atoms with Crippen LogP contribution in [0, 0.1) is 0 Å². The Morgan fingerprint density at radius 3 is 1.60 bits per heavy atom. The van der Waals surface area contributed by atoms with Gasteiger partial charge in [-0.2, -0.15) is 0 Å². The van der Waals surface area contributed by atoms with Crippen LogP contribution in [0.15, 0.2) is 24.3 Å². The molecule has 6 nitrogen and oxygen atoms in total. The second-order valence-electron chi connectivity index (χ2n) is 2.27. The molecular formula is C8H7O6S-. The largest absolute Gasteiger partial charge is 0.478 e. The zero-order valence-corrected chi connectivity index (χ0v) is 8.18. The molecule has 0 saturated heterocycles. The van der Waals surface area contributed by atoms with Crippen molar-refractivity contribution >= 4 is 23.5 Å². The quantitative estimate of drug-likeness (QED) is 0.569. The number of hydrogen-bond acceptors (Lipinski definition) is 5. The van der Waals surface area contributed by atoms with Crippen LogP contribution < -0.4 is 0 Å². The first-order valence-electron chi connectivity index (χ1n) is 3.54. The minimum atomic E-state index is -1.13. The van der Waals surface area contributed by atoms with Crippen molar-refractivity contribution in [3.05, 3.63) is 35.4 Å². The molecule has 0 heterocycles. The Morgan fingerprint density at radius 1 is 1.00 bits per heavy atom. The Kier molecular flexibility index (Phi) is 5.72. The van der Waals surface area contributed by atoms with E-state index < -0.39 is 23.5 Å². The topological polar surface area (TPSA) is 109 Å². The minimum absolute atomic E-state index is 0.0186. The van der Waals surface area contributed by atoms with Crippen LogP contribution in [0.25, 0.3) is 0 Å². The van der Waals surface area contributed by atoms with E-state index in [-0.39, 0.29) is 11.1 Å². The molecule has 0 saturated carbocycles. The monoisotopic (exact) mass is 231 g/mol. The van der Waals surface area contributed by atoms with E-state index in [9.17, 15) is 9.59 Å². The van der Waals surface area contributed by atoms with Gasteiger partial charge in [-0.15, -0.1) is 0 Å². The molecule has 0 atom stereocenters. The molecule has 0 amide bonds. The summed E-state index contributed by atoms with van der Waals surface area (Å²) >= 11 is -1.08. The third-order valence-electron chi connectivity index (χ3n) is 1.36. The molecule has 0 unspecified atom stereocenters. The van der Waals surface area contributed by atoms with Crippen LogP contribution in [0.1, 0.15) is 20.7 Å².